The highest BCUT2D eigenvalue weighted by molar-refractivity contribution is 7.80. The summed E-state index contributed by atoms with van der Waals surface area (Å²) in [5, 5.41) is 0. The Hall–Kier alpha value is -0.800. The topological polar surface area (TPSA) is 12.9 Å². The fourth-order valence-corrected chi connectivity index (χ4v) is 1.99. The van der Waals surface area contributed by atoms with Gasteiger partial charge in [-0.3, -0.25) is 0 Å². The van der Waals surface area contributed by atoms with Crippen LogP contribution in [0.15, 0.2) is 29.8 Å². The van der Waals surface area contributed by atoms with Crippen LogP contribution in [0.1, 0.15) is 5.56 Å². The zero-order chi connectivity index (χ0) is 9.10. The fourth-order valence-electron chi connectivity index (χ4n) is 1.16. The number of fused-ring (bicyclic) bond motifs is 1. The van der Waals surface area contributed by atoms with E-state index in [4.69, 9.17) is 0 Å². The van der Waals surface area contributed by atoms with Gasteiger partial charge >= 0.3 is 0 Å². The van der Waals surface area contributed by atoms with Gasteiger partial charge in [0.15, 0.2) is 0 Å². The maximum Gasteiger partial charge on any atom is 0.0812 e. The average Bonchev–Trinajstić information content (AvgIpc) is 2.61. The van der Waals surface area contributed by atoms with Gasteiger partial charge in [-0.05, 0) is 17.7 Å². The van der Waals surface area contributed by atoms with Crippen LogP contribution in [0.5, 0.6) is 0 Å². The van der Waals surface area contributed by atoms with E-state index in [1.165, 1.54) is 10.3 Å². The van der Waals surface area contributed by atoms with E-state index >= 15 is 0 Å². The molecule has 2 rings (SSSR count). The summed E-state index contributed by atoms with van der Waals surface area (Å²) in [5.74, 6) is 0.778. The standard InChI is InChI=1S/C10H9NS2/c12-5-1-2-8-3-4-9-10(6-8)13-7-11-9/h1-4,6-7,12H,5H2. The molecule has 0 bridgehead atoms. The molecule has 1 aromatic heterocycles. The lowest BCUT2D eigenvalue weighted by atomic mass is 10.2. The molecule has 0 saturated carbocycles. The second-order valence-electron chi connectivity index (χ2n) is 2.66. The van der Waals surface area contributed by atoms with E-state index in [9.17, 15) is 0 Å². The van der Waals surface area contributed by atoms with E-state index in [-0.39, 0.29) is 0 Å². The Kier molecular flexibility index (Phi) is 2.66. The highest BCUT2D eigenvalue weighted by Crippen LogP contribution is 2.19. The maximum atomic E-state index is 4.22. The lowest BCUT2D eigenvalue weighted by molar-refractivity contribution is 1.50. The maximum absolute atomic E-state index is 4.22. The van der Waals surface area contributed by atoms with Crippen LogP contribution < -0.4 is 0 Å². The number of hydrogen-bond donors (Lipinski definition) is 1. The molecule has 2 aromatic rings. The summed E-state index contributed by atoms with van der Waals surface area (Å²) in [6.45, 7) is 0. The third-order valence-electron chi connectivity index (χ3n) is 1.77. The summed E-state index contributed by atoms with van der Waals surface area (Å²) in [6, 6.07) is 6.26. The van der Waals surface area contributed by atoms with Crippen molar-refractivity contribution >= 4 is 40.3 Å². The Bertz CT molecular complexity index is 431. The van der Waals surface area contributed by atoms with E-state index < -0.39 is 0 Å². The molecule has 0 radical (unpaired) electrons. The smallest absolute Gasteiger partial charge is 0.0812 e. The Labute approximate surface area is 86.5 Å². The third-order valence-corrected chi connectivity index (χ3v) is 2.77. The van der Waals surface area contributed by atoms with Crippen molar-refractivity contribution in [2.75, 3.05) is 5.75 Å². The van der Waals surface area contributed by atoms with Gasteiger partial charge in [0.05, 0.1) is 15.7 Å². The molecule has 0 saturated heterocycles. The van der Waals surface area contributed by atoms with E-state index in [1.807, 2.05) is 17.7 Å². The molecular formula is C10H9NS2. The molecule has 0 N–H and O–H groups in total. The number of benzene rings is 1. The normalized spacial score (nSPS) is 11.5. The number of hydrogen-bond acceptors (Lipinski definition) is 3. The largest absolute Gasteiger partial charge is 0.245 e. The predicted octanol–water partition coefficient (Wildman–Crippen LogP) is 3.24. The van der Waals surface area contributed by atoms with E-state index in [0.29, 0.717) is 0 Å². The van der Waals surface area contributed by atoms with Crippen molar-refractivity contribution in [1.29, 1.82) is 0 Å². The molecule has 0 aliphatic rings. The first-order valence-electron chi connectivity index (χ1n) is 4.01. The van der Waals surface area contributed by atoms with E-state index in [0.717, 1.165) is 11.3 Å². The van der Waals surface area contributed by atoms with E-state index in [2.05, 4.69) is 35.8 Å². The molecule has 0 atom stereocenters. The highest BCUT2D eigenvalue weighted by Gasteiger charge is 1.95. The molecule has 13 heavy (non-hydrogen) atoms. The van der Waals surface area contributed by atoms with Crippen molar-refractivity contribution in [2.24, 2.45) is 0 Å². The Balaban J connectivity index is 2.42. The first kappa shape index (κ1) is 8.78. The first-order valence-corrected chi connectivity index (χ1v) is 5.52. The summed E-state index contributed by atoms with van der Waals surface area (Å²) < 4.78 is 1.24. The van der Waals surface area contributed by atoms with Gasteiger partial charge in [-0.25, -0.2) is 4.98 Å². The average molecular weight is 207 g/mol. The van der Waals surface area contributed by atoms with Gasteiger partial charge in [-0.15, -0.1) is 11.3 Å². The predicted molar refractivity (Wildman–Crippen MR) is 62.5 cm³/mol. The first-order chi connectivity index (χ1) is 6.40. The Morgan fingerprint density at radius 1 is 1.46 bits per heavy atom. The van der Waals surface area contributed by atoms with Crippen molar-refractivity contribution in [1.82, 2.24) is 4.98 Å². The minimum Gasteiger partial charge on any atom is -0.245 e. The third kappa shape index (κ3) is 1.92. The minimum absolute atomic E-state index is 0.778. The Morgan fingerprint density at radius 2 is 2.38 bits per heavy atom. The zero-order valence-corrected chi connectivity index (χ0v) is 8.68. The summed E-state index contributed by atoms with van der Waals surface area (Å²) in [7, 11) is 0. The second-order valence-corrected chi connectivity index (χ2v) is 3.92. The lowest BCUT2D eigenvalue weighted by Crippen LogP contribution is -1.72. The SMILES string of the molecule is SCC=Cc1ccc2ncsc2c1. The number of thiazole rings is 1. The molecule has 0 fully saturated rings. The van der Waals surface area contributed by atoms with Crippen LogP contribution in [0.2, 0.25) is 0 Å². The lowest BCUT2D eigenvalue weighted by Gasteiger charge is -1.92. The minimum atomic E-state index is 0.778. The van der Waals surface area contributed by atoms with Gasteiger partial charge in [-0.2, -0.15) is 12.6 Å². The molecule has 1 heterocycles. The van der Waals surface area contributed by atoms with Gasteiger partial charge in [0.2, 0.25) is 0 Å². The monoisotopic (exact) mass is 207 g/mol. The summed E-state index contributed by atoms with van der Waals surface area (Å²) >= 11 is 5.79. The second kappa shape index (κ2) is 3.94. The summed E-state index contributed by atoms with van der Waals surface area (Å²) in [4.78, 5) is 4.22. The molecule has 0 amide bonds. The van der Waals surface area contributed by atoms with Crippen LogP contribution in [0.25, 0.3) is 16.3 Å². The van der Waals surface area contributed by atoms with Crippen molar-refractivity contribution < 1.29 is 0 Å². The number of thiol groups is 1. The fraction of sp³-hybridized carbons (Fsp3) is 0.100. The molecule has 1 nitrogen and oxygen atoms in total. The number of nitrogens with zero attached hydrogens (tertiary/aromatic N) is 1. The van der Waals surface area contributed by atoms with Crippen LogP contribution in [0, 0.1) is 0 Å². The van der Waals surface area contributed by atoms with Crippen molar-refractivity contribution in [3.63, 3.8) is 0 Å². The molecule has 66 valence electrons. The molecular weight excluding hydrogens is 198 g/mol. The van der Waals surface area contributed by atoms with Crippen molar-refractivity contribution in [3.05, 3.63) is 35.3 Å². The number of rotatable bonds is 2. The van der Waals surface area contributed by atoms with Gasteiger partial charge in [-0.1, -0.05) is 18.2 Å². The summed E-state index contributed by atoms with van der Waals surface area (Å²) in [5.41, 5.74) is 4.16. The molecule has 1 aromatic carbocycles. The molecule has 0 aliphatic carbocycles. The molecule has 0 aliphatic heterocycles. The van der Waals surface area contributed by atoms with Gasteiger partial charge in [0.1, 0.15) is 0 Å². The van der Waals surface area contributed by atoms with Gasteiger partial charge < -0.3 is 0 Å². The molecule has 0 unspecified atom stereocenters. The van der Waals surface area contributed by atoms with Crippen molar-refractivity contribution in [3.8, 4) is 0 Å². The highest BCUT2D eigenvalue weighted by atomic mass is 32.1. The molecule has 0 spiro atoms. The van der Waals surface area contributed by atoms with Crippen molar-refractivity contribution in [2.45, 2.75) is 0 Å². The van der Waals surface area contributed by atoms with E-state index in [1.54, 1.807) is 11.3 Å². The molecule has 3 heteroatoms. The van der Waals surface area contributed by atoms with Crippen LogP contribution in [0.3, 0.4) is 0 Å². The van der Waals surface area contributed by atoms with Crippen LogP contribution in [0.4, 0.5) is 0 Å². The zero-order valence-electron chi connectivity index (χ0n) is 6.97. The van der Waals surface area contributed by atoms with Crippen LogP contribution in [-0.2, 0) is 0 Å². The van der Waals surface area contributed by atoms with Gasteiger partial charge in [0.25, 0.3) is 0 Å². The van der Waals surface area contributed by atoms with Gasteiger partial charge in [0, 0.05) is 5.75 Å². The number of aromatic nitrogens is 1. The summed E-state index contributed by atoms with van der Waals surface area (Å²) in [6.07, 6.45) is 4.11. The van der Waals surface area contributed by atoms with Crippen LogP contribution >= 0.6 is 24.0 Å². The van der Waals surface area contributed by atoms with Crippen LogP contribution in [-0.4, -0.2) is 10.7 Å². The quantitative estimate of drug-likeness (QED) is 0.746. The Morgan fingerprint density at radius 3 is 3.23 bits per heavy atom.